The Labute approximate surface area is 166 Å². The summed E-state index contributed by atoms with van der Waals surface area (Å²) < 4.78 is 32.6. The summed E-state index contributed by atoms with van der Waals surface area (Å²) in [6.07, 6.45) is 1.68. The molecule has 0 aliphatic carbocycles. The third-order valence-electron chi connectivity index (χ3n) is 3.82. The van der Waals surface area contributed by atoms with Crippen molar-refractivity contribution >= 4 is 22.4 Å². The minimum atomic E-state index is -1.56. The lowest BCUT2D eigenvalue weighted by molar-refractivity contribution is 0.455. The van der Waals surface area contributed by atoms with E-state index in [-0.39, 0.29) is 22.7 Å². The highest BCUT2D eigenvalue weighted by atomic mass is 35.5. The zero-order valence-electron chi connectivity index (χ0n) is 14.3. The molecule has 0 saturated carbocycles. The van der Waals surface area contributed by atoms with Crippen molar-refractivity contribution in [1.29, 1.82) is 0 Å². The van der Waals surface area contributed by atoms with Crippen molar-refractivity contribution < 1.29 is 13.0 Å². The zero-order chi connectivity index (χ0) is 19.5. The minimum Gasteiger partial charge on any atom is -0.409 e. The molecule has 0 radical (unpaired) electrons. The summed E-state index contributed by atoms with van der Waals surface area (Å²) in [5.41, 5.74) is 2.08. The molecule has 7 nitrogen and oxygen atoms in total. The second kappa shape index (κ2) is 7.99. The first kappa shape index (κ1) is 18.5. The smallest absolute Gasteiger partial charge is 0.308 e. The summed E-state index contributed by atoms with van der Waals surface area (Å²) in [4.78, 5) is 0. The maximum Gasteiger partial charge on any atom is 0.308 e. The lowest BCUT2D eigenvalue weighted by atomic mass is 10.2. The third kappa shape index (κ3) is 4.32. The van der Waals surface area contributed by atoms with E-state index in [1.165, 1.54) is 12.1 Å². The largest absolute Gasteiger partial charge is 0.409 e. The van der Waals surface area contributed by atoms with E-state index in [0.717, 1.165) is 5.56 Å². The van der Waals surface area contributed by atoms with E-state index >= 15 is 0 Å². The summed E-state index contributed by atoms with van der Waals surface area (Å²) in [5, 5.41) is 16.4. The van der Waals surface area contributed by atoms with Crippen molar-refractivity contribution in [2.45, 2.75) is 17.5 Å². The van der Waals surface area contributed by atoms with Crippen LogP contribution in [-0.4, -0.2) is 29.4 Å². The molecular formula is C18H13ClFN5O2S. The fourth-order valence-corrected chi connectivity index (χ4v) is 3.42. The molecule has 2 heterocycles. The van der Waals surface area contributed by atoms with Crippen LogP contribution >= 0.6 is 11.6 Å². The van der Waals surface area contributed by atoms with Crippen LogP contribution in [0.25, 0.3) is 11.5 Å². The van der Waals surface area contributed by atoms with Crippen LogP contribution in [0, 0.1) is 5.82 Å². The Balaban J connectivity index is 1.42. The Morgan fingerprint density at radius 2 is 1.79 bits per heavy atom. The van der Waals surface area contributed by atoms with Crippen molar-refractivity contribution in [2.75, 3.05) is 0 Å². The first-order chi connectivity index (χ1) is 13.6. The van der Waals surface area contributed by atoms with E-state index < -0.39 is 10.8 Å². The van der Waals surface area contributed by atoms with Crippen LogP contribution in [0.5, 0.6) is 0 Å². The predicted molar refractivity (Wildman–Crippen MR) is 100 cm³/mol. The van der Waals surface area contributed by atoms with Gasteiger partial charge in [-0.2, -0.15) is 0 Å². The second-order valence-electron chi connectivity index (χ2n) is 5.90. The van der Waals surface area contributed by atoms with E-state index in [9.17, 15) is 8.60 Å². The highest BCUT2D eigenvalue weighted by Crippen LogP contribution is 2.21. The summed E-state index contributed by atoms with van der Waals surface area (Å²) in [6, 6.07) is 13.0. The summed E-state index contributed by atoms with van der Waals surface area (Å²) >= 11 is 5.86. The second-order valence-corrected chi connectivity index (χ2v) is 7.67. The molecule has 142 valence electrons. The molecule has 2 aromatic heterocycles. The molecule has 4 rings (SSSR count). The Morgan fingerprint density at radius 1 is 1.04 bits per heavy atom. The number of hydrogen-bond donors (Lipinski definition) is 0. The number of rotatable bonds is 6. The molecule has 0 N–H and O–H groups in total. The van der Waals surface area contributed by atoms with Crippen LogP contribution < -0.4 is 0 Å². The molecule has 28 heavy (non-hydrogen) atoms. The fourth-order valence-electron chi connectivity index (χ4n) is 2.47. The molecule has 0 fully saturated rings. The highest BCUT2D eigenvalue weighted by Gasteiger charge is 2.16. The molecule has 0 amide bonds. The molecule has 1 atom stereocenters. The average Bonchev–Trinajstić information content (AvgIpc) is 3.34. The fraction of sp³-hybridized carbons (Fsp3) is 0.111. The molecule has 0 spiro atoms. The Kier molecular flexibility index (Phi) is 5.27. The number of aromatic nitrogens is 5. The summed E-state index contributed by atoms with van der Waals surface area (Å²) in [6.45, 7) is 0.432. The first-order valence-electron chi connectivity index (χ1n) is 8.18. The van der Waals surface area contributed by atoms with E-state index in [4.69, 9.17) is 16.0 Å². The number of benzene rings is 2. The normalized spacial score (nSPS) is 12.2. The van der Waals surface area contributed by atoms with Gasteiger partial charge in [0.05, 0.1) is 18.0 Å². The van der Waals surface area contributed by atoms with Gasteiger partial charge in [-0.3, -0.25) is 0 Å². The molecule has 0 bridgehead atoms. The van der Waals surface area contributed by atoms with Gasteiger partial charge in [0.25, 0.3) is 0 Å². The SMILES string of the molecule is O=S(Cc1cn(Cc2ccc(F)cc2)nn1)c1nnc(-c2ccc(Cl)cc2)o1. The van der Waals surface area contributed by atoms with E-state index in [1.54, 1.807) is 47.3 Å². The number of hydrogen-bond acceptors (Lipinski definition) is 6. The number of halogens is 2. The van der Waals surface area contributed by atoms with E-state index in [1.807, 2.05) is 0 Å². The molecule has 0 saturated heterocycles. The van der Waals surface area contributed by atoms with Gasteiger partial charge in [0.15, 0.2) is 0 Å². The van der Waals surface area contributed by atoms with E-state index in [0.29, 0.717) is 22.8 Å². The molecule has 2 aromatic carbocycles. The lowest BCUT2D eigenvalue weighted by Gasteiger charge is -2.00. The van der Waals surface area contributed by atoms with Crippen LogP contribution in [0.4, 0.5) is 4.39 Å². The van der Waals surface area contributed by atoms with E-state index in [2.05, 4.69) is 20.5 Å². The Hall–Kier alpha value is -2.91. The standard InChI is InChI=1S/C18H13ClFN5O2S/c19-14-5-3-13(4-6-14)17-22-23-18(27-17)28(26)11-16-10-25(24-21-16)9-12-1-7-15(20)8-2-12/h1-8,10H,9,11H2. The van der Waals surface area contributed by atoms with Gasteiger partial charge in [-0.25, -0.2) is 13.3 Å². The molecule has 10 heteroatoms. The van der Waals surface area contributed by atoms with Gasteiger partial charge in [-0.15, -0.1) is 10.2 Å². The monoisotopic (exact) mass is 417 g/mol. The molecule has 1 unspecified atom stereocenters. The average molecular weight is 418 g/mol. The van der Waals surface area contributed by atoms with Gasteiger partial charge >= 0.3 is 5.22 Å². The van der Waals surface area contributed by atoms with Crippen LogP contribution in [0.2, 0.25) is 5.02 Å². The van der Waals surface area contributed by atoms with Crippen LogP contribution in [0.1, 0.15) is 11.3 Å². The molecular weight excluding hydrogens is 405 g/mol. The first-order valence-corrected chi connectivity index (χ1v) is 9.88. The predicted octanol–water partition coefficient (Wildman–Crippen LogP) is 3.48. The highest BCUT2D eigenvalue weighted by molar-refractivity contribution is 7.83. The van der Waals surface area contributed by atoms with Crippen LogP contribution in [0.15, 0.2) is 64.4 Å². The maximum absolute atomic E-state index is 13.0. The van der Waals surface area contributed by atoms with Gasteiger partial charge < -0.3 is 4.42 Å². The lowest BCUT2D eigenvalue weighted by Crippen LogP contribution is -2.00. The zero-order valence-corrected chi connectivity index (χ0v) is 15.9. The van der Waals surface area contributed by atoms with Crippen molar-refractivity contribution in [3.63, 3.8) is 0 Å². The molecule has 4 aromatic rings. The van der Waals surface area contributed by atoms with Crippen molar-refractivity contribution in [3.8, 4) is 11.5 Å². The van der Waals surface area contributed by atoms with Gasteiger partial charge in [-0.1, -0.05) is 34.0 Å². The third-order valence-corrected chi connectivity index (χ3v) is 5.18. The van der Waals surface area contributed by atoms with Crippen LogP contribution in [0.3, 0.4) is 0 Å². The molecule has 0 aliphatic heterocycles. The van der Waals surface area contributed by atoms with Gasteiger partial charge in [0.1, 0.15) is 16.6 Å². The maximum atomic E-state index is 13.0. The summed E-state index contributed by atoms with van der Waals surface area (Å²) in [5.74, 6) is 0.0574. The Morgan fingerprint density at radius 3 is 2.54 bits per heavy atom. The van der Waals surface area contributed by atoms with Gasteiger partial charge in [0, 0.05) is 16.8 Å². The molecule has 0 aliphatic rings. The van der Waals surface area contributed by atoms with Crippen LogP contribution in [-0.2, 0) is 23.1 Å². The number of nitrogens with zero attached hydrogens (tertiary/aromatic N) is 5. The summed E-state index contributed by atoms with van der Waals surface area (Å²) in [7, 11) is -1.56. The Bertz CT molecular complexity index is 1110. The quantitative estimate of drug-likeness (QED) is 0.477. The topological polar surface area (TPSA) is 86.7 Å². The van der Waals surface area contributed by atoms with Gasteiger partial charge in [0.2, 0.25) is 5.89 Å². The van der Waals surface area contributed by atoms with Crippen molar-refractivity contribution in [1.82, 2.24) is 25.2 Å². The minimum absolute atomic E-state index is 0.0121. The van der Waals surface area contributed by atoms with Crippen molar-refractivity contribution in [3.05, 3.63) is 76.8 Å². The van der Waals surface area contributed by atoms with Gasteiger partial charge in [-0.05, 0) is 42.0 Å². The van der Waals surface area contributed by atoms with Crippen molar-refractivity contribution in [2.24, 2.45) is 0 Å².